The average Bonchev–Trinajstić information content (AvgIpc) is 3.35. The highest BCUT2D eigenvalue weighted by atomic mass is 16.3. The van der Waals surface area contributed by atoms with Crippen LogP contribution in [0.3, 0.4) is 0 Å². The fourth-order valence-corrected chi connectivity index (χ4v) is 3.69. The van der Waals surface area contributed by atoms with Gasteiger partial charge in [0.05, 0.1) is 12.3 Å². The van der Waals surface area contributed by atoms with E-state index in [2.05, 4.69) is 5.32 Å². The Bertz CT molecular complexity index is 800. The molecule has 1 N–H and O–H groups in total. The smallest absolute Gasteiger partial charge is 0.322 e. The number of nitrogens with one attached hydrogen (secondary N) is 1. The number of hydrogen-bond acceptors (Lipinski definition) is 3. The molecule has 1 atom stereocenters. The average molecular weight is 339 g/mol. The van der Waals surface area contributed by atoms with Crippen LogP contribution in [0, 0.1) is 6.92 Å². The van der Waals surface area contributed by atoms with Crippen molar-refractivity contribution in [3.05, 3.63) is 53.5 Å². The Morgan fingerprint density at radius 3 is 2.88 bits per heavy atom. The highest BCUT2D eigenvalue weighted by molar-refractivity contribution is 5.99. The molecule has 25 heavy (non-hydrogen) atoms. The fraction of sp³-hybridized carbons (Fsp3) is 0.368. The Hall–Kier alpha value is -2.76. The predicted octanol–water partition coefficient (Wildman–Crippen LogP) is 3.09. The molecule has 1 aromatic heterocycles. The number of hydrogen-bond donors (Lipinski definition) is 1. The van der Waals surface area contributed by atoms with E-state index in [0.29, 0.717) is 18.7 Å². The molecule has 0 radical (unpaired) electrons. The van der Waals surface area contributed by atoms with E-state index in [1.54, 1.807) is 11.2 Å². The molecule has 6 nitrogen and oxygen atoms in total. The van der Waals surface area contributed by atoms with E-state index in [-0.39, 0.29) is 18.0 Å². The number of rotatable bonds is 3. The Labute approximate surface area is 146 Å². The number of anilines is 1. The Balaban J connectivity index is 1.63. The molecule has 130 valence electrons. The number of nitrogens with zero attached hydrogens (tertiary/aromatic N) is 2. The third kappa shape index (κ3) is 2.77. The number of urea groups is 1. The zero-order valence-electron chi connectivity index (χ0n) is 14.2. The minimum absolute atomic E-state index is 0.0117. The van der Waals surface area contributed by atoms with E-state index in [1.807, 2.05) is 42.2 Å². The highest BCUT2D eigenvalue weighted by Crippen LogP contribution is 2.34. The van der Waals surface area contributed by atoms with Crippen LogP contribution >= 0.6 is 0 Å². The second kappa shape index (κ2) is 6.27. The van der Waals surface area contributed by atoms with Gasteiger partial charge in [-0.3, -0.25) is 9.69 Å². The second-order valence-corrected chi connectivity index (χ2v) is 6.56. The topological polar surface area (TPSA) is 65.8 Å². The van der Waals surface area contributed by atoms with Crippen LogP contribution in [0.2, 0.25) is 0 Å². The molecule has 1 aromatic carbocycles. The summed E-state index contributed by atoms with van der Waals surface area (Å²) in [6.07, 6.45) is 3.52. The summed E-state index contributed by atoms with van der Waals surface area (Å²) in [6, 6.07) is 9.24. The number of likely N-dealkylation sites (tertiary alicyclic amines) is 1. The first-order valence-corrected chi connectivity index (χ1v) is 8.65. The lowest BCUT2D eigenvalue weighted by molar-refractivity contribution is 0.0720. The third-order valence-electron chi connectivity index (χ3n) is 4.99. The third-order valence-corrected chi connectivity index (χ3v) is 4.99. The molecule has 0 unspecified atom stereocenters. The lowest BCUT2D eigenvalue weighted by Gasteiger charge is -2.24. The maximum absolute atomic E-state index is 13.1. The van der Waals surface area contributed by atoms with Gasteiger partial charge in [0.2, 0.25) is 0 Å². The van der Waals surface area contributed by atoms with Gasteiger partial charge in [-0.2, -0.15) is 0 Å². The fourth-order valence-electron chi connectivity index (χ4n) is 3.69. The monoisotopic (exact) mass is 339 g/mol. The van der Waals surface area contributed by atoms with Gasteiger partial charge in [-0.25, -0.2) is 4.79 Å². The first-order chi connectivity index (χ1) is 12.1. The van der Waals surface area contributed by atoms with Crippen LogP contribution in [-0.4, -0.2) is 36.5 Å². The summed E-state index contributed by atoms with van der Waals surface area (Å²) in [7, 11) is 0. The number of benzene rings is 1. The quantitative estimate of drug-likeness (QED) is 0.934. The van der Waals surface area contributed by atoms with Crippen molar-refractivity contribution in [1.29, 1.82) is 0 Å². The van der Waals surface area contributed by atoms with E-state index < -0.39 is 0 Å². The van der Waals surface area contributed by atoms with Gasteiger partial charge in [-0.1, -0.05) is 6.07 Å². The summed E-state index contributed by atoms with van der Waals surface area (Å²) in [4.78, 5) is 28.6. The lowest BCUT2D eigenvalue weighted by atomic mass is 10.1. The van der Waals surface area contributed by atoms with Gasteiger partial charge in [0.15, 0.2) is 0 Å². The molecular formula is C19H21N3O3. The Kier molecular flexibility index (Phi) is 3.95. The lowest BCUT2D eigenvalue weighted by Crippen LogP contribution is -2.31. The zero-order valence-corrected chi connectivity index (χ0v) is 14.2. The van der Waals surface area contributed by atoms with Crippen molar-refractivity contribution >= 4 is 17.6 Å². The Morgan fingerprint density at radius 1 is 1.28 bits per heavy atom. The summed E-state index contributed by atoms with van der Waals surface area (Å²) in [5, 5.41) is 2.80. The molecule has 6 heteroatoms. The van der Waals surface area contributed by atoms with Gasteiger partial charge in [0, 0.05) is 30.9 Å². The van der Waals surface area contributed by atoms with Crippen molar-refractivity contribution < 1.29 is 14.0 Å². The minimum atomic E-state index is -0.109. The molecule has 2 aliphatic heterocycles. The SMILES string of the molecule is Cc1ccc(C(=O)N2CCC[C@@H]2c2ccco2)cc1N1CCNC1=O. The largest absolute Gasteiger partial charge is 0.467 e. The number of aryl methyl sites for hydroxylation is 1. The van der Waals surface area contributed by atoms with Crippen LogP contribution in [0.25, 0.3) is 0 Å². The first-order valence-electron chi connectivity index (χ1n) is 8.65. The maximum Gasteiger partial charge on any atom is 0.322 e. The molecule has 2 fully saturated rings. The van der Waals surface area contributed by atoms with Crippen LogP contribution in [0.4, 0.5) is 10.5 Å². The molecule has 0 spiro atoms. The van der Waals surface area contributed by atoms with Crippen LogP contribution in [0.5, 0.6) is 0 Å². The molecule has 2 aromatic rings. The Morgan fingerprint density at radius 2 is 2.16 bits per heavy atom. The van der Waals surface area contributed by atoms with Crippen LogP contribution in [-0.2, 0) is 0 Å². The number of carbonyl (C=O) groups excluding carboxylic acids is 2. The molecule has 3 amide bonds. The second-order valence-electron chi connectivity index (χ2n) is 6.56. The summed E-state index contributed by atoms with van der Waals surface area (Å²) in [5.74, 6) is 0.817. The van der Waals surface area contributed by atoms with Gasteiger partial charge in [0.25, 0.3) is 5.91 Å². The van der Waals surface area contributed by atoms with E-state index in [9.17, 15) is 9.59 Å². The van der Waals surface area contributed by atoms with Crippen molar-refractivity contribution in [3.8, 4) is 0 Å². The van der Waals surface area contributed by atoms with Crippen molar-refractivity contribution in [2.24, 2.45) is 0 Å². The summed E-state index contributed by atoms with van der Waals surface area (Å²) >= 11 is 0. The predicted molar refractivity (Wildman–Crippen MR) is 93.6 cm³/mol. The van der Waals surface area contributed by atoms with E-state index in [0.717, 1.165) is 36.4 Å². The van der Waals surface area contributed by atoms with Crippen molar-refractivity contribution in [2.45, 2.75) is 25.8 Å². The van der Waals surface area contributed by atoms with Crippen LogP contribution in [0.15, 0.2) is 41.0 Å². The summed E-state index contributed by atoms with van der Waals surface area (Å²) in [6.45, 7) is 3.92. The number of furan rings is 1. The standard InChI is InChI=1S/C19H21N3O3/c1-13-6-7-14(12-16(13)22-10-8-20-19(22)24)18(23)21-9-2-4-15(21)17-5-3-11-25-17/h3,5-7,11-12,15H,2,4,8-10H2,1H3,(H,20,24)/t15-/m1/s1. The molecule has 0 saturated carbocycles. The van der Waals surface area contributed by atoms with Crippen molar-refractivity contribution in [1.82, 2.24) is 10.2 Å². The summed E-state index contributed by atoms with van der Waals surface area (Å²) in [5.41, 5.74) is 2.39. The number of carbonyl (C=O) groups is 2. The molecule has 4 rings (SSSR count). The van der Waals surface area contributed by atoms with E-state index in [4.69, 9.17) is 4.42 Å². The van der Waals surface area contributed by atoms with E-state index in [1.165, 1.54) is 0 Å². The van der Waals surface area contributed by atoms with Gasteiger partial charge in [0.1, 0.15) is 5.76 Å². The van der Waals surface area contributed by atoms with Crippen molar-refractivity contribution in [3.63, 3.8) is 0 Å². The molecule has 0 bridgehead atoms. The first kappa shape index (κ1) is 15.7. The van der Waals surface area contributed by atoms with Gasteiger partial charge >= 0.3 is 6.03 Å². The van der Waals surface area contributed by atoms with Crippen LogP contribution < -0.4 is 10.2 Å². The minimum Gasteiger partial charge on any atom is -0.467 e. The summed E-state index contributed by atoms with van der Waals surface area (Å²) < 4.78 is 5.52. The van der Waals surface area contributed by atoms with E-state index >= 15 is 0 Å². The highest BCUT2D eigenvalue weighted by Gasteiger charge is 2.33. The van der Waals surface area contributed by atoms with Gasteiger partial charge < -0.3 is 14.6 Å². The molecular weight excluding hydrogens is 318 g/mol. The normalized spacial score (nSPS) is 20.2. The van der Waals surface area contributed by atoms with Gasteiger partial charge in [-0.15, -0.1) is 0 Å². The molecule has 2 saturated heterocycles. The number of amides is 3. The molecule has 0 aliphatic carbocycles. The molecule has 2 aliphatic rings. The van der Waals surface area contributed by atoms with Crippen LogP contribution in [0.1, 0.15) is 40.6 Å². The van der Waals surface area contributed by atoms with Gasteiger partial charge in [-0.05, 0) is 49.6 Å². The zero-order chi connectivity index (χ0) is 17.4. The molecule has 3 heterocycles. The maximum atomic E-state index is 13.1. The van der Waals surface area contributed by atoms with Crippen molar-refractivity contribution in [2.75, 3.05) is 24.5 Å².